The van der Waals surface area contributed by atoms with Crippen molar-refractivity contribution in [3.05, 3.63) is 12.4 Å². The van der Waals surface area contributed by atoms with Gasteiger partial charge in [0.2, 0.25) is 0 Å². The molecule has 0 saturated carbocycles. The normalized spacial score (nSPS) is 19.5. The summed E-state index contributed by atoms with van der Waals surface area (Å²) >= 11 is 0. The Morgan fingerprint density at radius 3 is 2.60 bits per heavy atom. The average Bonchev–Trinajstić information content (AvgIpc) is 2.14. The van der Waals surface area contributed by atoms with Crippen LogP contribution in [-0.2, 0) is 4.79 Å². The summed E-state index contributed by atoms with van der Waals surface area (Å²) in [7, 11) is 0. The number of nitrogens with one attached hydrogen (secondary N) is 1. The van der Waals surface area contributed by atoms with E-state index >= 15 is 0 Å². The SMILES string of the molecule is [2H][C@@H](CCNC(=C)N)[C@@]([2H])(N)C(=O)C(C)(C)C. The van der Waals surface area contributed by atoms with E-state index < -0.39 is 23.6 Å². The largest absolute Gasteiger partial charge is 0.386 e. The molecule has 0 aromatic carbocycles. The number of nitrogens with two attached hydrogens (primary N) is 2. The zero-order chi connectivity index (χ0) is 13.9. The molecule has 0 heterocycles. The molecule has 0 spiro atoms. The van der Waals surface area contributed by atoms with E-state index in [1.807, 2.05) is 0 Å². The average molecular weight is 215 g/mol. The lowest BCUT2D eigenvalue weighted by Gasteiger charge is -2.21. The predicted molar refractivity (Wildman–Crippen MR) is 63.0 cm³/mol. The highest BCUT2D eigenvalue weighted by atomic mass is 16.1. The van der Waals surface area contributed by atoms with Gasteiger partial charge in [-0.15, -0.1) is 0 Å². The summed E-state index contributed by atoms with van der Waals surface area (Å²) in [5, 5.41) is 2.74. The number of ketones is 1. The van der Waals surface area contributed by atoms with Crippen LogP contribution in [-0.4, -0.2) is 18.3 Å². The van der Waals surface area contributed by atoms with Crippen LogP contribution in [0.5, 0.6) is 0 Å². The maximum atomic E-state index is 11.9. The van der Waals surface area contributed by atoms with Crippen molar-refractivity contribution in [1.82, 2.24) is 5.32 Å². The number of Topliss-reactive ketones (excluding diaryl/α,β-unsaturated/α-hetero) is 1. The van der Waals surface area contributed by atoms with Crippen molar-refractivity contribution < 1.29 is 7.54 Å². The highest BCUT2D eigenvalue weighted by molar-refractivity contribution is 5.88. The molecule has 15 heavy (non-hydrogen) atoms. The number of carbonyl (C=O) groups is 1. The zero-order valence-electron chi connectivity index (χ0n) is 11.8. The van der Waals surface area contributed by atoms with E-state index in [2.05, 4.69) is 11.9 Å². The number of carbonyl (C=O) groups excluding carboxylic acids is 1. The third-order valence-electron chi connectivity index (χ3n) is 1.80. The van der Waals surface area contributed by atoms with Gasteiger partial charge in [0.1, 0.15) is 0 Å². The molecule has 0 aliphatic rings. The summed E-state index contributed by atoms with van der Waals surface area (Å²) < 4.78 is 15.6. The van der Waals surface area contributed by atoms with Crippen molar-refractivity contribution in [3.8, 4) is 0 Å². The number of hydrogen-bond donors (Lipinski definition) is 3. The molecule has 0 aromatic rings. The molecular weight excluding hydrogens is 190 g/mol. The summed E-state index contributed by atoms with van der Waals surface area (Å²) in [6.07, 6.45) is -0.737. The molecular formula is C11H23N3O. The summed E-state index contributed by atoms with van der Waals surface area (Å²) in [4.78, 5) is 11.9. The lowest BCUT2D eigenvalue weighted by atomic mass is 9.85. The molecule has 4 nitrogen and oxygen atoms in total. The van der Waals surface area contributed by atoms with Gasteiger partial charge in [0, 0.05) is 13.3 Å². The van der Waals surface area contributed by atoms with E-state index in [0.29, 0.717) is 12.4 Å². The van der Waals surface area contributed by atoms with Crippen molar-refractivity contribution in [3.63, 3.8) is 0 Å². The van der Waals surface area contributed by atoms with Crippen molar-refractivity contribution in [2.24, 2.45) is 16.9 Å². The zero-order valence-corrected chi connectivity index (χ0v) is 9.76. The monoisotopic (exact) mass is 215 g/mol. The van der Waals surface area contributed by atoms with Crippen molar-refractivity contribution in [2.45, 2.75) is 39.6 Å². The van der Waals surface area contributed by atoms with E-state index in [4.69, 9.17) is 14.2 Å². The van der Waals surface area contributed by atoms with Gasteiger partial charge in [0.05, 0.1) is 13.2 Å². The molecule has 0 fully saturated rings. The summed E-state index contributed by atoms with van der Waals surface area (Å²) in [6.45, 7) is 8.90. The van der Waals surface area contributed by atoms with Crippen molar-refractivity contribution >= 4 is 5.78 Å². The Morgan fingerprint density at radius 2 is 2.20 bits per heavy atom. The minimum atomic E-state index is -1.89. The second-order valence-corrected chi connectivity index (χ2v) is 4.48. The smallest absolute Gasteiger partial charge is 0.154 e. The van der Waals surface area contributed by atoms with Gasteiger partial charge in [-0.05, 0) is 12.8 Å². The van der Waals surface area contributed by atoms with Gasteiger partial charge < -0.3 is 16.8 Å². The third kappa shape index (κ3) is 6.12. The van der Waals surface area contributed by atoms with Gasteiger partial charge >= 0.3 is 0 Å². The van der Waals surface area contributed by atoms with Crippen LogP contribution in [0.4, 0.5) is 0 Å². The minimum Gasteiger partial charge on any atom is -0.386 e. The lowest BCUT2D eigenvalue weighted by molar-refractivity contribution is -0.127. The van der Waals surface area contributed by atoms with Gasteiger partial charge in [0.25, 0.3) is 0 Å². The maximum absolute atomic E-state index is 11.9. The fraction of sp³-hybridized carbons (Fsp3) is 0.727. The van der Waals surface area contributed by atoms with Crippen LogP contribution >= 0.6 is 0 Å². The van der Waals surface area contributed by atoms with Crippen molar-refractivity contribution in [2.75, 3.05) is 6.54 Å². The summed E-state index contributed by atoms with van der Waals surface area (Å²) in [6, 6.07) is -1.89. The molecule has 5 N–H and O–H groups in total. The summed E-state index contributed by atoms with van der Waals surface area (Å²) in [5.74, 6) is -0.136. The Morgan fingerprint density at radius 1 is 1.67 bits per heavy atom. The van der Waals surface area contributed by atoms with Gasteiger partial charge in [-0.1, -0.05) is 27.4 Å². The number of hydrogen-bond acceptors (Lipinski definition) is 4. The molecule has 0 rings (SSSR count). The van der Waals surface area contributed by atoms with Gasteiger partial charge in [-0.3, -0.25) is 4.79 Å². The highest BCUT2D eigenvalue weighted by Gasteiger charge is 2.26. The van der Waals surface area contributed by atoms with Crippen LogP contribution < -0.4 is 16.8 Å². The first-order valence-electron chi connectivity index (χ1n) is 6.01. The molecule has 0 bridgehead atoms. The van der Waals surface area contributed by atoms with Crippen LogP contribution in [0.3, 0.4) is 0 Å². The first-order valence-corrected chi connectivity index (χ1v) is 4.94. The quantitative estimate of drug-likeness (QED) is 0.610. The van der Waals surface area contributed by atoms with E-state index in [0.717, 1.165) is 0 Å². The Labute approximate surface area is 94.9 Å². The molecule has 2 atom stereocenters. The molecule has 0 unspecified atom stereocenters. The van der Waals surface area contributed by atoms with E-state index in [9.17, 15) is 4.79 Å². The topological polar surface area (TPSA) is 81.1 Å². The molecule has 4 heteroatoms. The lowest BCUT2D eigenvalue weighted by Crippen LogP contribution is -2.39. The standard InChI is InChI=1S/C11H23N3O/c1-8(12)14-7-5-6-9(13)10(15)11(2,3)4/h9,14H,1,5-7,12-13H2,2-4H3/t9-/m1/s1/i6D,9D/t6-,9+/m0. The third-order valence-corrected chi connectivity index (χ3v) is 1.80. The minimum absolute atomic E-state index is 0.262. The van der Waals surface area contributed by atoms with E-state index in [1.54, 1.807) is 20.8 Å². The first kappa shape index (κ1) is 10.5. The van der Waals surface area contributed by atoms with Crippen LogP contribution in [0, 0.1) is 5.41 Å². The maximum Gasteiger partial charge on any atom is 0.154 e. The van der Waals surface area contributed by atoms with Crippen LogP contribution in [0.25, 0.3) is 0 Å². The Kier molecular flexibility index (Phi) is 4.02. The Balaban J connectivity index is 4.49. The summed E-state index contributed by atoms with van der Waals surface area (Å²) in [5.41, 5.74) is 10.2. The van der Waals surface area contributed by atoms with Gasteiger partial charge in [-0.2, -0.15) is 0 Å². The molecule has 0 radical (unpaired) electrons. The second kappa shape index (κ2) is 5.75. The molecule has 0 aliphatic carbocycles. The molecule has 0 aliphatic heterocycles. The fourth-order valence-electron chi connectivity index (χ4n) is 0.986. The van der Waals surface area contributed by atoms with Gasteiger partial charge in [0.15, 0.2) is 5.78 Å². The van der Waals surface area contributed by atoms with E-state index in [1.165, 1.54) is 0 Å². The molecule has 0 amide bonds. The Bertz CT molecular complexity index is 298. The first-order chi connectivity index (χ1) is 7.49. The fourth-order valence-corrected chi connectivity index (χ4v) is 0.986. The van der Waals surface area contributed by atoms with Gasteiger partial charge in [-0.25, -0.2) is 0 Å². The predicted octanol–water partition coefficient (Wildman–Crippen LogP) is 0.729. The Hall–Kier alpha value is -1.03. The van der Waals surface area contributed by atoms with Crippen LogP contribution in [0.2, 0.25) is 0 Å². The van der Waals surface area contributed by atoms with E-state index in [-0.39, 0.29) is 6.42 Å². The second-order valence-electron chi connectivity index (χ2n) is 4.48. The molecule has 0 saturated heterocycles. The van der Waals surface area contributed by atoms with Crippen molar-refractivity contribution in [1.29, 1.82) is 0 Å². The number of rotatable bonds is 6. The van der Waals surface area contributed by atoms with Crippen LogP contribution in [0.1, 0.15) is 36.3 Å². The molecule has 88 valence electrons. The molecule has 0 aromatic heterocycles. The van der Waals surface area contributed by atoms with Crippen LogP contribution in [0.15, 0.2) is 12.4 Å². The highest BCUT2D eigenvalue weighted by Crippen LogP contribution is 2.17.